The normalized spacial score (nSPS) is 15.0. The number of anilines is 2. The van der Waals surface area contributed by atoms with Crippen molar-refractivity contribution in [1.82, 2.24) is 29.4 Å². The van der Waals surface area contributed by atoms with Gasteiger partial charge in [-0.25, -0.2) is 4.39 Å². The number of piperazine rings is 1. The van der Waals surface area contributed by atoms with Crippen LogP contribution >= 0.6 is 11.6 Å². The van der Waals surface area contributed by atoms with Crippen LogP contribution in [0.4, 0.5) is 28.9 Å². The zero-order valence-electron chi connectivity index (χ0n) is 28.2. The standard InChI is InChI=1S/C34H33ClF4N8O6/c1-2-24-29(45-12-10-44(11-13-45)27(50)17-40-31(51)28-22(36)4-3-5-25(28)48)32(52)47-33(42-30(43-47)19-8-14-53-15-9-19)46(24)18-26(49)41-23-7-6-20(16-21(23)35)34(37,38)39/h3-8,16,48H,2,9-15,17-18H2,1H3,(H,40,51)(H,41,49). The van der Waals surface area contributed by atoms with Gasteiger partial charge in [0.15, 0.2) is 5.82 Å². The van der Waals surface area contributed by atoms with Crippen molar-refractivity contribution in [3.8, 4) is 5.75 Å². The lowest BCUT2D eigenvalue weighted by molar-refractivity contribution is -0.137. The number of alkyl halides is 3. The molecule has 1 saturated heterocycles. The monoisotopic (exact) mass is 760 g/mol. The predicted molar refractivity (Wildman–Crippen MR) is 184 cm³/mol. The minimum Gasteiger partial charge on any atom is -0.507 e. The summed E-state index contributed by atoms with van der Waals surface area (Å²) in [6.07, 6.45) is -2.09. The van der Waals surface area contributed by atoms with Crippen LogP contribution in [0.25, 0.3) is 11.4 Å². The van der Waals surface area contributed by atoms with Gasteiger partial charge in [-0.1, -0.05) is 30.7 Å². The Hall–Kier alpha value is -5.49. The number of carbonyl (C=O) groups excluding carboxylic acids is 3. The van der Waals surface area contributed by atoms with E-state index in [1.807, 2.05) is 0 Å². The number of phenols is 1. The lowest BCUT2D eigenvalue weighted by Gasteiger charge is -2.36. The minimum absolute atomic E-state index is 0.0443. The number of ether oxygens (including phenoxy) is 1. The fourth-order valence-corrected chi connectivity index (χ4v) is 6.42. The van der Waals surface area contributed by atoms with Crippen LogP contribution in [0.3, 0.4) is 0 Å². The Morgan fingerprint density at radius 2 is 1.85 bits per heavy atom. The number of aromatic hydroxyl groups is 1. The van der Waals surface area contributed by atoms with Crippen molar-refractivity contribution < 1.29 is 41.8 Å². The van der Waals surface area contributed by atoms with E-state index in [-0.39, 0.29) is 60.6 Å². The van der Waals surface area contributed by atoms with Crippen LogP contribution in [-0.2, 0) is 33.5 Å². The van der Waals surface area contributed by atoms with Crippen LogP contribution in [0.1, 0.15) is 40.8 Å². The first-order valence-corrected chi connectivity index (χ1v) is 16.9. The molecular weight excluding hydrogens is 728 g/mol. The van der Waals surface area contributed by atoms with Crippen LogP contribution in [0, 0.1) is 5.82 Å². The number of carbonyl (C=O) groups is 3. The molecule has 0 atom stereocenters. The number of hydrogen-bond donors (Lipinski definition) is 3. The van der Waals surface area contributed by atoms with Gasteiger partial charge in [-0.05, 0) is 48.7 Å². The number of aromatic nitrogens is 4. The summed E-state index contributed by atoms with van der Waals surface area (Å²) in [7, 11) is 0. The van der Waals surface area contributed by atoms with Crippen molar-refractivity contribution in [3.63, 3.8) is 0 Å². The van der Waals surface area contributed by atoms with Gasteiger partial charge in [0.1, 0.15) is 29.4 Å². The van der Waals surface area contributed by atoms with E-state index in [0.717, 1.165) is 34.4 Å². The van der Waals surface area contributed by atoms with E-state index in [1.54, 1.807) is 17.9 Å². The first kappa shape index (κ1) is 37.3. The molecular formula is C34H33ClF4N8O6. The molecule has 53 heavy (non-hydrogen) atoms. The topological polar surface area (TPSA) is 163 Å². The van der Waals surface area contributed by atoms with E-state index in [2.05, 4.69) is 20.7 Å². The molecule has 2 aromatic carbocycles. The van der Waals surface area contributed by atoms with Crippen LogP contribution in [-0.4, -0.2) is 92.8 Å². The highest BCUT2D eigenvalue weighted by Gasteiger charge is 2.32. The first-order valence-electron chi connectivity index (χ1n) is 16.5. The molecule has 14 nitrogen and oxygen atoms in total. The molecule has 0 bridgehead atoms. The van der Waals surface area contributed by atoms with E-state index in [1.165, 1.54) is 15.5 Å². The third-order valence-electron chi connectivity index (χ3n) is 8.85. The van der Waals surface area contributed by atoms with Gasteiger partial charge in [0.05, 0.1) is 41.7 Å². The Labute approximate surface area is 303 Å². The molecule has 3 amide bonds. The Morgan fingerprint density at radius 1 is 1.09 bits per heavy atom. The maximum absolute atomic E-state index is 14.1. The van der Waals surface area contributed by atoms with E-state index in [9.17, 15) is 41.8 Å². The quantitative estimate of drug-likeness (QED) is 0.217. The fourth-order valence-electron chi connectivity index (χ4n) is 6.19. The van der Waals surface area contributed by atoms with E-state index >= 15 is 0 Å². The smallest absolute Gasteiger partial charge is 0.416 e. The van der Waals surface area contributed by atoms with Crippen molar-refractivity contribution in [2.75, 3.05) is 56.2 Å². The molecule has 0 saturated carbocycles. The summed E-state index contributed by atoms with van der Waals surface area (Å²) in [6.45, 7) is 2.30. The number of fused-ring (bicyclic) bond motifs is 1. The highest BCUT2D eigenvalue weighted by atomic mass is 35.5. The zero-order chi connectivity index (χ0) is 38.0. The van der Waals surface area contributed by atoms with Gasteiger partial charge in [-0.15, -0.1) is 5.10 Å². The third kappa shape index (κ3) is 7.83. The Balaban J connectivity index is 1.26. The van der Waals surface area contributed by atoms with Gasteiger partial charge in [-0.2, -0.15) is 22.7 Å². The molecule has 2 aromatic heterocycles. The van der Waals surface area contributed by atoms with Crippen LogP contribution in [0.2, 0.25) is 5.02 Å². The van der Waals surface area contributed by atoms with E-state index in [0.29, 0.717) is 31.4 Å². The molecule has 1 fully saturated rings. The number of rotatable bonds is 9. The number of amides is 3. The van der Waals surface area contributed by atoms with Crippen molar-refractivity contribution in [2.24, 2.45) is 0 Å². The molecule has 6 rings (SSSR count). The summed E-state index contributed by atoms with van der Waals surface area (Å²) in [5.74, 6) is -3.26. The molecule has 2 aliphatic heterocycles. The number of nitrogens with zero attached hydrogens (tertiary/aromatic N) is 6. The molecule has 2 aliphatic rings. The molecule has 3 N–H and O–H groups in total. The highest BCUT2D eigenvalue weighted by Crippen LogP contribution is 2.34. The second kappa shape index (κ2) is 15.2. The number of phenolic OH excluding ortho intramolecular Hbond substituents is 1. The molecule has 0 unspecified atom stereocenters. The summed E-state index contributed by atoms with van der Waals surface area (Å²) in [5, 5.41) is 18.9. The van der Waals surface area contributed by atoms with Gasteiger partial charge in [0, 0.05) is 26.2 Å². The van der Waals surface area contributed by atoms with E-state index < -0.39 is 65.2 Å². The molecule has 19 heteroatoms. The zero-order valence-corrected chi connectivity index (χ0v) is 28.9. The van der Waals surface area contributed by atoms with Gasteiger partial charge in [-0.3, -0.25) is 19.2 Å². The molecule has 0 radical (unpaired) electrons. The van der Waals surface area contributed by atoms with Crippen LogP contribution < -0.4 is 21.1 Å². The first-order chi connectivity index (χ1) is 25.3. The third-order valence-corrected chi connectivity index (χ3v) is 9.16. The van der Waals surface area contributed by atoms with Crippen molar-refractivity contribution in [2.45, 2.75) is 32.5 Å². The summed E-state index contributed by atoms with van der Waals surface area (Å²) in [6, 6.07) is 5.96. The molecule has 0 aliphatic carbocycles. The summed E-state index contributed by atoms with van der Waals surface area (Å²) in [5.41, 5.74) is -0.727. The summed E-state index contributed by atoms with van der Waals surface area (Å²) < 4.78 is 61.7. The van der Waals surface area contributed by atoms with Gasteiger partial charge >= 0.3 is 6.18 Å². The predicted octanol–water partition coefficient (Wildman–Crippen LogP) is 3.49. The average molecular weight is 761 g/mol. The van der Waals surface area contributed by atoms with Gasteiger partial charge in [0.2, 0.25) is 17.6 Å². The number of nitrogens with one attached hydrogen (secondary N) is 2. The Kier molecular flexibility index (Phi) is 10.7. The number of benzene rings is 2. The van der Waals surface area contributed by atoms with Crippen molar-refractivity contribution in [1.29, 1.82) is 0 Å². The molecule has 0 spiro atoms. The lowest BCUT2D eigenvalue weighted by Crippen LogP contribution is -2.52. The van der Waals surface area contributed by atoms with Crippen molar-refractivity contribution in [3.05, 3.63) is 86.3 Å². The molecule has 4 aromatic rings. The summed E-state index contributed by atoms with van der Waals surface area (Å²) in [4.78, 5) is 60.9. The van der Waals surface area contributed by atoms with Crippen molar-refractivity contribution >= 4 is 52.0 Å². The Morgan fingerprint density at radius 3 is 2.49 bits per heavy atom. The maximum atomic E-state index is 14.1. The molecule has 280 valence electrons. The summed E-state index contributed by atoms with van der Waals surface area (Å²) >= 11 is 6.10. The second-order valence-electron chi connectivity index (χ2n) is 12.2. The fraction of sp³-hybridized carbons (Fsp3) is 0.353. The highest BCUT2D eigenvalue weighted by molar-refractivity contribution is 6.33. The molecule has 4 heterocycles. The van der Waals surface area contributed by atoms with Crippen LogP contribution in [0.5, 0.6) is 5.75 Å². The Bertz CT molecular complexity index is 2160. The lowest BCUT2D eigenvalue weighted by atomic mass is 10.1. The minimum atomic E-state index is -4.63. The van der Waals surface area contributed by atoms with E-state index in [4.69, 9.17) is 16.3 Å². The maximum Gasteiger partial charge on any atom is 0.416 e. The van der Waals surface area contributed by atoms with Gasteiger partial charge in [0.25, 0.3) is 11.5 Å². The van der Waals surface area contributed by atoms with Gasteiger partial charge < -0.3 is 34.8 Å². The number of hydrogen-bond acceptors (Lipinski definition) is 9. The van der Waals surface area contributed by atoms with Crippen LogP contribution in [0.15, 0.2) is 47.3 Å². The average Bonchev–Trinajstić information content (AvgIpc) is 3.59. The largest absolute Gasteiger partial charge is 0.507 e. The SMILES string of the molecule is CCc1c(N2CCN(C(=O)CNC(=O)c3c(O)cccc3F)CC2)c(=O)n2nc(C3=CCOCC3)nc2n1CC(=O)Nc1ccc(C(F)(F)F)cc1Cl. The second-order valence-corrected chi connectivity index (χ2v) is 12.6. The number of halogens is 5.